The van der Waals surface area contributed by atoms with E-state index >= 15 is 0 Å². The second kappa shape index (κ2) is 5.32. The minimum absolute atomic E-state index is 0.00708. The van der Waals surface area contributed by atoms with Crippen molar-refractivity contribution in [3.05, 3.63) is 34.9 Å². The smallest absolute Gasteiger partial charge is 0.328 e. The molecule has 0 saturated heterocycles. The molecule has 2 N–H and O–H groups in total. The molecule has 0 heterocycles. The monoisotopic (exact) mass is 301 g/mol. The van der Waals surface area contributed by atoms with Crippen molar-refractivity contribution >= 4 is 33.7 Å². The first-order chi connectivity index (χ1) is 8.88. The number of aliphatic carboxylic acids is 1. The highest BCUT2D eigenvalue weighted by Crippen LogP contribution is 2.27. The lowest BCUT2D eigenvalue weighted by Crippen LogP contribution is -2.25. The minimum Gasteiger partial charge on any atom is -0.478 e. The van der Waals surface area contributed by atoms with Crippen LogP contribution in [0, 0.1) is 0 Å². The molecule has 102 valence electrons. The van der Waals surface area contributed by atoms with Gasteiger partial charge in [0.15, 0.2) is 0 Å². The third-order valence-electron chi connectivity index (χ3n) is 2.56. The number of benzene rings is 1. The molecule has 1 aromatic carbocycles. The summed E-state index contributed by atoms with van der Waals surface area (Å²) < 4.78 is 26.5. The predicted octanol–water partition coefficient (Wildman–Crippen LogP) is 1.88. The van der Waals surface area contributed by atoms with Crippen LogP contribution in [0.4, 0.5) is 0 Å². The maximum atomic E-state index is 12.0. The molecular formula is C12H12ClNO4S. The van der Waals surface area contributed by atoms with Gasteiger partial charge in [-0.3, -0.25) is 0 Å². The summed E-state index contributed by atoms with van der Waals surface area (Å²) in [4.78, 5) is 10.4. The van der Waals surface area contributed by atoms with Gasteiger partial charge in [0.2, 0.25) is 10.0 Å². The lowest BCUT2D eigenvalue weighted by Gasteiger charge is -2.07. The molecular weight excluding hydrogens is 290 g/mol. The molecule has 5 nitrogen and oxygen atoms in total. The SMILES string of the molecule is O=C(O)C=Cc1ccc(S(=O)(=O)NC2CC2)c(Cl)c1. The number of rotatable bonds is 5. The first kappa shape index (κ1) is 14.0. The van der Waals surface area contributed by atoms with Crippen LogP contribution in [0.25, 0.3) is 6.08 Å². The normalized spacial score (nSPS) is 15.8. The zero-order valence-electron chi connectivity index (χ0n) is 9.84. The van der Waals surface area contributed by atoms with Gasteiger partial charge in [-0.25, -0.2) is 17.9 Å². The van der Waals surface area contributed by atoms with E-state index in [1.54, 1.807) is 0 Å². The number of sulfonamides is 1. The van der Waals surface area contributed by atoms with Crippen molar-refractivity contribution in [2.45, 2.75) is 23.8 Å². The first-order valence-corrected chi connectivity index (χ1v) is 7.47. The van der Waals surface area contributed by atoms with Crippen LogP contribution in [-0.4, -0.2) is 25.5 Å². The number of carboxylic acid groups (broad SMARTS) is 1. The predicted molar refractivity (Wildman–Crippen MR) is 71.5 cm³/mol. The summed E-state index contributed by atoms with van der Waals surface area (Å²) in [5, 5.41) is 8.58. The van der Waals surface area contributed by atoms with Crippen molar-refractivity contribution in [3.8, 4) is 0 Å². The summed E-state index contributed by atoms with van der Waals surface area (Å²) in [5.74, 6) is -1.08. The van der Waals surface area contributed by atoms with Crippen LogP contribution in [0.5, 0.6) is 0 Å². The molecule has 0 spiro atoms. The van der Waals surface area contributed by atoms with Crippen molar-refractivity contribution in [3.63, 3.8) is 0 Å². The molecule has 0 amide bonds. The molecule has 1 aliphatic rings. The Bertz CT molecular complexity index is 635. The Labute approximate surface area is 115 Å². The fourth-order valence-corrected chi connectivity index (χ4v) is 3.35. The number of carbonyl (C=O) groups is 1. The van der Waals surface area contributed by atoms with Crippen LogP contribution in [0.15, 0.2) is 29.2 Å². The average Bonchev–Trinajstić information content (AvgIpc) is 3.09. The standard InChI is InChI=1S/C12H12ClNO4S/c13-10-7-8(2-6-12(15)16)1-5-11(10)19(17,18)14-9-3-4-9/h1-2,5-7,9,14H,3-4H2,(H,15,16). The van der Waals surface area contributed by atoms with Crippen molar-refractivity contribution in [1.82, 2.24) is 4.72 Å². The number of nitrogens with one attached hydrogen (secondary N) is 1. The largest absolute Gasteiger partial charge is 0.478 e. The van der Waals surface area contributed by atoms with E-state index in [4.69, 9.17) is 16.7 Å². The van der Waals surface area contributed by atoms with Crippen molar-refractivity contribution in [1.29, 1.82) is 0 Å². The van der Waals surface area contributed by atoms with Crippen molar-refractivity contribution < 1.29 is 18.3 Å². The number of hydrogen-bond acceptors (Lipinski definition) is 3. The lowest BCUT2D eigenvalue weighted by atomic mass is 10.2. The third kappa shape index (κ3) is 3.79. The molecule has 1 aliphatic carbocycles. The highest BCUT2D eigenvalue weighted by atomic mass is 35.5. The van der Waals surface area contributed by atoms with Crippen LogP contribution in [0.3, 0.4) is 0 Å². The average molecular weight is 302 g/mol. The summed E-state index contributed by atoms with van der Waals surface area (Å²) in [6, 6.07) is 4.30. The molecule has 0 radical (unpaired) electrons. The molecule has 1 fully saturated rings. The third-order valence-corrected chi connectivity index (χ3v) is 4.57. The quantitative estimate of drug-likeness (QED) is 0.813. The van der Waals surface area contributed by atoms with Gasteiger partial charge in [0.25, 0.3) is 0 Å². The van der Waals surface area contributed by atoms with E-state index in [1.807, 2.05) is 0 Å². The number of carboxylic acids is 1. The zero-order valence-corrected chi connectivity index (χ0v) is 11.4. The summed E-state index contributed by atoms with van der Waals surface area (Å²) >= 11 is 5.93. The van der Waals surface area contributed by atoms with Crippen LogP contribution in [-0.2, 0) is 14.8 Å². The maximum Gasteiger partial charge on any atom is 0.328 e. The molecule has 1 saturated carbocycles. The van der Waals surface area contributed by atoms with Crippen LogP contribution < -0.4 is 4.72 Å². The highest BCUT2D eigenvalue weighted by Gasteiger charge is 2.29. The van der Waals surface area contributed by atoms with Crippen molar-refractivity contribution in [2.75, 3.05) is 0 Å². The van der Waals surface area contributed by atoms with E-state index in [0.29, 0.717) is 5.56 Å². The van der Waals surface area contributed by atoms with Crippen LogP contribution in [0.2, 0.25) is 5.02 Å². The second-order valence-corrected chi connectivity index (χ2v) is 6.35. The molecule has 1 aromatic rings. The number of halogens is 1. The molecule has 0 aromatic heterocycles. The fourth-order valence-electron chi connectivity index (χ4n) is 1.49. The van der Waals surface area contributed by atoms with Gasteiger partial charge in [-0.05, 0) is 36.6 Å². The summed E-state index contributed by atoms with van der Waals surface area (Å²) in [6.07, 6.45) is 3.99. The van der Waals surface area contributed by atoms with Crippen molar-refractivity contribution in [2.24, 2.45) is 0 Å². The van der Waals surface area contributed by atoms with E-state index in [1.165, 1.54) is 24.3 Å². The van der Waals surface area contributed by atoms with E-state index < -0.39 is 16.0 Å². The van der Waals surface area contributed by atoms with Gasteiger partial charge >= 0.3 is 5.97 Å². The minimum atomic E-state index is -3.60. The molecule has 19 heavy (non-hydrogen) atoms. The van der Waals surface area contributed by atoms with Gasteiger partial charge in [0.1, 0.15) is 4.90 Å². The van der Waals surface area contributed by atoms with Crippen LogP contribution >= 0.6 is 11.6 Å². The van der Waals surface area contributed by atoms with Gasteiger partial charge < -0.3 is 5.11 Å². The van der Waals surface area contributed by atoms with Gasteiger partial charge in [0, 0.05) is 12.1 Å². The highest BCUT2D eigenvalue weighted by molar-refractivity contribution is 7.89. The Morgan fingerprint density at radius 2 is 2.11 bits per heavy atom. The Morgan fingerprint density at radius 1 is 1.42 bits per heavy atom. The van der Waals surface area contributed by atoms with Gasteiger partial charge in [-0.15, -0.1) is 0 Å². The van der Waals surface area contributed by atoms with Crippen LogP contribution in [0.1, 0.15) is 18.4 Å². The van der Waals surface area contributed by atoms with E-state index in [2.05, 4.69) is 4.72 Å². The van der Waals surface area contributed by atoms with E-state index in [0.717, 1.165) is 18.9 Å². The Kier molecular flexibility index (Phi) is 3.93. The molecule has 0 aliphatic heterocycles. The fraction of sp³-hybridized carbons (Fsp3) is 0.250. The summed E-state index contributed by atoms with van der Waals surface area (Å²) in [7, 11) is -3.60. The summed E-state index contributed by atoms with van der Waals surface area (Å²) in [5.41, 5.74) is 0.526. The molecule has 2 rings (SSSR count). The van der Waals surface area contributed by atoms with Gasteiger partial charge in [-0.2, -0.15) is 0 Å². The Balaban J connectivity index is 2.25. The van der Waals surface area contributed by atoms with Gasteiger partial charge in [-0.1, -0.05) is 17.7 Å². The van der Waals surface area contributed by atoms with E-state index in [-0.39, 0.29) is 16.0 Å². The number of hydrogen-bond donors (Lipinski definition) is 2. The van der Waals surface area contributed by atoms with Gasteiger partial charge in [0.05, 0.1) is 5.02 Å². The topological polar surface area (TPSA) is 83.5 Å². The van der Waals surface area contributed by atoms with E-state index in [9.17, 15) is 13.2 Å². The zero-order chi connectivity index (χ0) is 14.0. The molecule has 0 bridgehead atoms. The molecule has 7 heteroatoms. The maximum absolute atomic E-state index is 12.0. The second-order valence-electron chi connectivity index (χ2n) is 4.26. The molecule has 0 unspecified atom stereocenters. The lowest BCUT2D eigenvalue weighted by molar-refractivity contribution is -0.131. The summed E-state index contributed by atoms with van der Waals surface area (Å²) in [6.45, 7) is 0. The first-order valence-electron chi connectivity index (χ1n) is 5.61. The molecule has 0 atom stereocenters. The Hall–Kier alpha value is -1.37. The Morgan fingerprint density at radius 3 is 2.63 bits per heavy atom.